The summed E-state index contributed by atoms with van der Waals surface area (Å²) in [4.78, 5) is 25.7. The lowest BCUT2D eigenvalue weighted by Gasteiger charge is -2.15. The second-order valence-corrected chi connectivity index (χ2v) is 6.77. The second-order valence-electron chi connectivity index (χ2n) is 5.51. The van der Waals surface area contributed by atoms with Crippen LogP contribution in [-0.4, -0.2) is 35.7 Å². The highest BCUT2D eigenvalue weighted by Crippen LogP contribution is 2.39. The van der Waals surface area contributed by atoms with Crippen molar-refractivity contribution < 1.29 is 13.8 Å². The predicted molar refractivity (Wildman–Crippen MR) is 94.4 cm³/mol. The number of carbonyl (C=O) groups excluding carboxylic acids is 2. The highest BCUT2D eigenvalue weighted by molar-refractivity contribution is 7.83. The van der Waals surface area contributed by atoms with E-state index in [9.17, 15) is 13.8 Å². The normalized spacial score (nSPS) is 14.2. The first-order valence-electron chi connectivity index (χ1n) is 7.82. The van der Waals surface area contributed by atoms with E-state index in [1.807, 2.05) is 25.1 Å². The summed E-state index contributed by atoms with van der Waals surface area (Å²) in [6.07, 6.45) is 0. The fraction of sp³-hybridized carbons (Fsp3) is 0.294. The van der Waals surface area contributed by atoms with E-state index in [-0.39, 0.29) is 11.8 Å². The van der Waals surface area contributed by atoms with Gasteiger partial charge in [-0.15, -0.1) is 0 Å². The molecule has 1 heterocycles. The van der Waals surface area contributed by atoms with Crippen molar-refractivity contribution >= 4 is 39.3 Å². The molecule has 24 heavy (non-hydrogen) atoms. The third-order valence-corrected chi connectivity index (χ3v) is 5.21. The zero-order valence-electron chi connectivity index (χ0n) is 13.6. The lowest BCUT2D eigenvalue weighted by atomic mass is 10.1. The van der Waals surface area contributed by atoms with Gasteiger partial charge in [0.15, 0.2) is 0 Å². The molecule has 0 radical (unpaired) electrons. The minimum absolute atomic E-state index is 0.0142. The van der Waals surface area contributed by atoms with E-state index in [2.05, 4.69) is 10.0 Å². The number of anilines is 1. The van der Waals surface area contributed by atoms with Crippen LogP contribution in [0.25, 0.3) is 10.8 Å². The molecule has 0 spiro atoms. The maximum absolute atomic E-state index is 12.6. The van der Waals surface area contributed by atoms with E-state index in [1.165, 1.54) is 6.92 Å². The molecule has 126 valence electrons. The van der Waals surface area contributed by atoms with Gasteiger partial charge in [-0.1, -0.05) is 12.1 Å². The first kappa shape index (κ1) is 16.6. The number of hydrogen-bond acceptors (Lipinski definition) is 3. The monoisotopic (exact) mass is 345 g/mol. The van der Waals surface area contributed by atoms with Gasteiger partial charge in [0.2, 0.25) is 5.91 Å². The Hall–Kier alpha value is -2.25. The van der Waals surface area contributed by atoms with Crippen LogP contribution in [0.2, 0.25) is 0 Å². The summed E-state index contributed by atoms with van der Waals surface area (Å²) in [5.41, 5.74) is 1.52. The number of hydrogen-bond donors (Lipinski definition) is 2. The summed E-state index contributed by atoms with van der Waals surface area (Å²) in [5.74, 6) is -0.134. The van der Waals surface area contributed by atoms with E-state index < -0.39 is 11.0 Å². The van der Waals surface area contributed by atoms with Gasteiger partial charge in [-0.05, 0) is 25.1 Å². The van der Waals surface area contributed by atoms with Crippen molar-refractivity contribution in [2.45, 2.75) is 18.7 Å². The molecule has 0 bridgehead atoms. The van der Waals surface area contributed by atoms with Crippen LogP contribution in [0.1, 0.15) is 24.2 Å². The lowest BCUT2D eigenvalue weighted by molar-refractivity contribution is -0.118. The SMILES string of the molecule is CCN1C(=O)c2cccc3c(S(=O)NCCNC(C)=O)ccc1c23. The Morgan fingerprint density at radius 2 is 2.00 bits per heavy atom. The van der Waals surface area contributed by atoms with E-state index in [1.54, 1.807) is 17.0 Å². The molecular formula is C17H19N3O3S. The maximum Gasteiger partial charge on any atom is 0.258 e. The van der Waals surface area contributed by atoms with E-state index in [0.29, 0.717) is 30.1 Å². The number of carbonyl (C=O) groups is 2. The molecule has 2 N–H and O–H groups in total. The number of benzene rings is 2. The number of nitrogens with one attached hydrogen (secondary N) is 2. The van der Waals surface area contributed by atoms with Crippen LogP contribution in [0.5, 0.6) is 0 Å². The predicted octanol–water partition coefficient (Wildman–Crippen LogP) is 1.57. The largest absolute Gasteiger partial charge is 0.355 e. The zero-order chi connectivity index (χ0) is 17.3. The summed E-state index contributed by atoms with van der Waals surface area (Å²) in [7, 11) is -1.42. The molecular weight excluding hydrogens is 326 g/mol. The number of rotatable bonds is 6. The topological polar surface area (TPSA) is 78.5 Å². The standard InChI is InChI=1S/C17H19N3O3S/c1-3-20-14-7-8-15(24(23)19-10-9-18-11(2)21)12-5-4-6-13(16(12)14)17(20)22/h4-8,19H,3,9-10H2,1-2H3,(H,18,21). The minimum Gasteiger partial charge on any atom is -0.355 e. The van der Waals surface area contributed by atoms with Gasteiger partial charge in [0, 0.05) is 42.9 Å². The molecule has 3 rings (SSSR count). The zero-order valence-corrected chi connectivity index (χ0v) is 14.4. The molecule has 1 unspecified atom stereocenters. The van der Waals surface area contributed by atoms with Crippen LogP contribution >= 0.6 is 0 Å². The molecule has 1 aliphatic rings. The number of nitrogens with zero attached hydrogens (tertiary/aromatic N) is 1. The summed E-state index contributed by atoms with van der Waals surface area (Å²) < 4.78 is 15.5. The van der Waals surface area contributed by atoms with Crippen molar-refractivity contribution in [3.8, 4) is 0 Å². The third-order valence-electron chi connectivity index (χ3n) is 3.99. The minimum atomic E-state index is -1.42. The second kappa shape index (κ2) is 6.70. The van der Waals surface area contributed by atoms with Gasteiger partial charge >= 0.3 is 0 Å². The van der Waals surface area contributed by atoms with Gasteiger partial charge < -0.3 is 10.2 Å². The molecule has 1 aliphatic heterocycles. The van der Waals surface area contributed by atoms with Crippen LogP contribution in [-0.2, 0) is 15.8 Å². The van der Waals surface area contributed by atoms with Crippen molar-refractivity contribution in [2.75, 3.05) is 24.5 Å². The fourth-order valence-corrected chi connectivity index (χ4v) is 3.96. The van der Waals surface area contributed by atoms with E-state index in [4.69, 9.17) is 0 Å². The number of amides is 2. The Kier molecular flexibility index (Phi) is 4.64. The van der Waals surface area contributed by atoms with Gasteiger partial charge in [0.1, 0.15) is 11.0 Å². The Bertz CT molecular complexity index is 850. The van der Waals surface area contributed by atoms with Gasteiger partial charge in [-0.3, -0.25) is 9.59 Å². The van der Waals surface area contributed by atoms with Gasteiger partial charge in [0.25, 0.3) is 5.91 Å². The van der Waals surface area contributed by atoms with Crippen LogP contribution in [0.15, 0.2) is 35.2 Å². The first-order chi connectivity index (χ1) is 11.5. The molecule has 0 saturated carbocycles. The molecule has 7 heteroatoms. The van der Waals surface area contributed by atoms with Crippen molar-refractivity contribution in [3.05, 3.63) is 35.9 Å². The van der Waals surface area contributed by atoms with Gasteiger partial charge in [-0.25, -0.2) is 8.93 Å². The average molecular weight is 345 g/mol. The first-order valence-corrected chi connectivity index (χ1v) is 8.97. The molecule has 1 atom stereocenters. The smallest absolute Gasteiger partial charge is 0.258 e. The van der Waals surface area contributed by atoms with Gasteiger partial charge in [0.05, 0.1) is 10.6 Å². The fourth-order valence-electron chi connectivity index (χ4n) is 2.95. The Balaban J connectivity index is 1.92. The molecule has 0 aromatic heterocycles. The summed E-state index contributed by atoms with van der Waals surface area (Å²) in [6.45, 7) is 4.78. The highest BCUT2D eigenvalue weighted by atomic mass is 32.2. The molecule has 2 aromatic carbocycles. The van der Waals surface area contributed by atoms with Crippen LogP contribution < -0.4 is 14.9 Å². The average Bonchev–Trinajstić information content (AvgIpc) is 2.85. The Morgan fingerprint density at radius 1 is 1.21 bits per heavy atom. The van der Waals surface area contributed by atoms with Crippen LogP contribution in [0.4, 0.5) is 5.69 Å². The molecule has 0 fully saturated rings. The molecule has 2 amide bonds. The highest BCUT2D eigenvalue weighted by Gasteiger charge is 2.29. The van der Waals surface area contributed by atoms with Crippen molar-refractivity contribution in [3.63, 3.8) is 0 Å². The Morgan fingerprint density at radius 3 is 2.71 bits per heavy atom. The Labute approximate surface area is 142 Å². The molecule has 0 saturated heterocycles. The molecule has 6 nitrogen and oxygen atoms in total. The third kappa shape index (κ3) is 2.81. The van der Waals surface area contributed by atoms with E-state index >= 15 is 0 Å². The quantitative estimate of drug-likeness (QED) is 0.780. The van der Waals surface area contributed by atoms with E-state index in [0.717, 1.165) is 16.5 Å². The lowest BCUT2D eigenvalue weighted by Crippen LogP contribution is -2.31. The van der Waals surface area contributed by atoms with Crippen molar-refractivity contribution in [1.29, 1.82) is 0 Å². The molecule has 0 aliphatic carbocycles. The van der Waals surface area contributed by atoms with Crippen molar-refractivity contribution in [2.24, 2.45) is 0 Å². The van der Waals surface area contributed by atoms with Gasteiger partial charge in [-0.2, -0.15) is 0 Å². The summed E-state index contributed by atoms with van der Waals surface area (Å²) >= 11 is 0. The van der Waals surface area contributed by atoms with Crippen LogP contribution in [0, 0.1) is 0 Å². The summed E-state index contributed by atoms with van der Waals surface area (Å²) in [5, 5.41) is 4.33. The van der Waals surface area contributed by atoms with Crippen molar-refractivity contribution in [1.82, 2.24) is 10.0 Å². The summed E-state index contributed by atoms with van der Waals surface area (Å²) in [6, 6.07) is 9.15. The molecule has 2 aromatic rings. The van der Waals surface area contributed by atoms with Crippen LogP contribution in [0.3, 0.4) is 0 Å². The maximum atomic E-state index is 12.6.